The zero-order valence-electron chi connectivity index (χ0n) is 15.0. The summed E-state index contributed by atoms with van der Waals surface area (Å²) in [6, 6.07) is 19.7. The van der Waals surface area contributed by atoms with E-state index in [0.717, 1.165) is 15.6 Å². The highest BCUT2D eigenvalue weighted by atomic mass is 19.2. The molecule has 0 radical (unpaired) electrons. The lowest BCUT2D eigenvalue weighted by Crippen LogP contribution is -2.70. The number of aromatic nitrogens is 1. The summed E-state index contributed by atoms with van der Waals surface area (Å²) < 4.78 is 39.0. The predicted molar refractivity (Wildman–Crippen MR) is 103 cm³/mol. The molecule has 0 saturated carbocycles. The van der Waals surface area contributed by atoms with Crippen LogP contribution in [0.3, 0.4) is 0 Å². The first-order chi connectivity index (χ1) is 13.0. The van der Waals surface area contributed by atoms with Gasteiger partial charge in [-0.25, -0.2) is 0 Å². The molecule has 1 aliphatic rings. The van der Waals surface area contributed by atoms with Gasteiger partial charge in [0.2, 0.25) is 5.52 Å². The molecular weight excluding hydrogens is 345 g/mol. The van der Waals surface area contributed by atoms with Crippen LogP contribution in [0.2, 0.25) is 0 Å². The normalized spacial score (nSPS) is 14.9. The standard InChI is InChI=1S/C21H17BF2N2O/c1-14-8-7-9-15(2)20(14)25-17-11-4-3-10-16(17)21-26(22(25,23)24)18-12-5-6-13-19(18)27-21/h3-13H,1-2H3. The zero-order chi connectivity index (χ0) is 18.8. The largest absolute Gasteiger partial charge is 0.740 e. The number of hydrogen-bond donors (Lipinski definition) is 0. The van der Waals surface area contributed by atoms with Crippen LogP contribution in [0.5, 0.6) is 0 Å². The van der Waals surface area contributed by atoms with Crippen LogP contribution in [0.15, 0.2) is 71.1 Å². The van der Waals surface area contributed by atoms with Crippen molar-refractivity contribution in [1.29, 1.82) is 0 Å². The van der Waals surface area contributed by atoms with Gasteiger partial charge in [-0.3, -0.25) is 4.48 Å². The molecule has 0 amide bonds. The Morgan fingerprint density at radius 2 is 1.52 bits per heavy atom. The summed E-state index contributed by atoms with van der Waals surface area (Å²) in [5.74, 6) is 0.194. The van der Waals surface area contributed by atoms with Crippen LogP contribution < -0.4 is 9.29 Å². The molecule has 5 rings (SSSR count). The fourth-order valence-corrected chi connectivity index (χ4v) is 4.11. The highest BCUT2D eigenvalue weighted by molar-refractivity contribution is 6.65. The van der Waals surface area contributed by atoms with Crippen LogP contribution in [-0.2, 0) is 0 Å². The van der Waals surface area contributed by atoms with Gasteiger partial charge >= 0.3 is 12.9 Å². The van der Waals surface area contributed by atoms with Crippen molar-refractivity contribution < 1.29 is 17.5 Å². The topological polar surface area (TPSA) is 20.3 Å². The van der Waals surface area contributed by atoms with E-state index >= 15 is 8.63 Å². The van der Waals surface area contributed by atoms with Gasteiger partial charge in [-0.1, -0.05) is 42.5 Å². The molecule has 2 heterocycles. The van der Waals surface area contributed by atoms with Crippen molar-refractivity contribution in [2.24, 2.45) is 0 Å². The molecule has 3 nitrogen and oxygen atoms in total. The number of para-hydroxylation sites is 4. The third-order valence-electron chi connectivity index (χ3n) is 5.25. The number of fused-ring (bicyclic) bond motifs is 5. The van der Waals surface area contributed by atoms with E-state index in [4.69, 9.17) is 4.42 Å². The molecule has 3 aromatic carbocycles. The molecule has 0 spiro atoms. The van der Waals surface area contributed by atoms with Crippen molar-refractivity contribution in [3.63, 3.8) is 0 Å². The molecule has 0 aliphatic carbocycles. The SMILES string of the molecule is Cc1cccc(C)c1N1c2ccccc2-c2oc3ccccc3[n+]2[B-]1(F)F. The van der Waals surface area contributed by atoms with E-state index < -0.39 is 6.97 Å². The summed E-state index contributed by atoms with van der Waals surface area (Å²) in [7, 11) is 0. The lowest BCUT2D eigenvalue weighted by molar-refractivity contribution is -0.531. The molecule has 6 heteroatoms. The number of hydrogen-bond acceptors (Lipinski definition) is 2. The number of benzene rings is 3. The van der Waals surface area contributed by atoms with Gasteiger partial charge in [0.05, 0.1) is 0 Å². The molecule has 0 atom stereocenters. The minimum absolute atomic E-state index is 0.194. The van der Waals surface area contributed by atoms with E-state index in [1.54, 1.807) is 36.4 Å². The third-order valence-corrected chi connectivity index (χ3v) is 5.25. The zero-order valence-corrected chi connectivity index (χ0v) is 15.0. The molecule has 0 N–H and O–H groups in total. The number of rotatable bonds is 1. The molecule has 1 aliphatic heterocycles. The van der Waals surface area contributed by atoms with Crippen molar-refractivity contribution in [2.45, 2.75) is 13.8 Å². The number of halogens is 2. The third kappa shape index (κ3) is 2.10. The summed E-state index contributed by atoms with van der Waals surface area (Å²) in [5, 5.41) is 0. The van der Waals surface area contributed by atoms with Gasteiger partial charge in [-0.2, -0.15) is 0 Å². The van der Waals surface area contributed by atoms with Crippen molar-refractivity contribution in [3.05, 3.63) is 77.9 Å². The second-order valence-electron chi connectivity index (χ2n) is 6.96. The molecule has 1 aromatic heterocycles. The summed E-state index contributed by atoms with van der Waals surface area (Å²) in [4.78, 5) is 1.19. The smallest absolute Gasteiger partial charge is 0.401 e. The summed E-state index contributed by atoms with van der Waals surface area (Å²) in [6.07, 6.45) is 0. The van der Waals surface area contributed by atoms with Crippen molar-refractivity contribution in [1.82, 2.24) is 0 Å². The number of aryl methyl sites for hydroxylation is 2. The van der Waals surface area contributed by atoms with Crippen LogP contribution in [0.4, 0.5) is 20.0 Å². The van der Waals surface area contributed by atoms with E-state index in [0.29, 0.717) is 28.0 Å². The quantitative estimate of drug-likeness (QED) is 0.424. The van der Waals surface area contributed by atoms with E-state index in [1.807, 2.05) is 44.2 Å². The van der Waals surface area contributed by atoms with Crippen LogP contribution >= 0.6 is 0 Å². The second kappa shape index (κ2) is 5.43. The second-order valence-corrected chi connectivity index (χ2v) is 6.96. The van der Waals surface area contributed by atoms with Crippen LogP contribution in [0.25, 0.3) is 22.6 Å². The molecule has 0 saturated heterocycles. The van der Waals surface area contributed by atoms with E-state index in [-0.39, 0.29) is 5.89 Å². The van der Waals surface area contributed by atoms with Gasteiger partial charge in [0.1, 0.15) is 5.56 Å². The van der Waals surface area contributed by atoms with Crippen molar-refractivity contribution in [2.75, 3.05) is 4.81 Å². The van der Waals surface area contributed by atoms with E-state index in [1.165, 1.54) is 4.81 Å². The molecule has 4 aromatic rings. The Bertz CT molecular complexity index is 1180. The first-order valence-electron chi connectivity index (χ1n) is 8.90. The highest BCUT2D eigenvalue weighted by Gasteiger charge is 2.56. The minimum Gasteiger partial charge on any atom is -0.401 e. The first-order valence-corrected chi connectivity index (χ1v) is 8.90. The molecule has 0 unspecified atom stereocenters. The molecule has 0 bridgehead atoms. The number of oxazole rings is 1. The molecule has 134 valence electrons. The minimum atomic E-state index is -4.15. The fourth-order valence-electron chi connectivity index (χ4n) is 4.11. The van der Waals surface area contributed by atoms with Gasteiger partial charge < -0.3 is 17.9 Å². The van der Waals surface area contributed by atoms with Gasteiger partial charge in [-0.05, 0) is 43.2 Å². The maximum Gasteiger partial charge on any atom is 0.740 e. The first kappa shape index (κ1) is 16.1. The maximum atomic E-state index is 16.0. The van der Waals surface area contributed by atoms with Gasteiger partial charge in [0, 0.05) is 17.4 Å². The van der Waals surface area contributed by atoms with Gasteiger partial charge in [0.25, 0.3) is 0 Å². The average Bonchev–Trinajstić information content (AvgIpc) is 3.05. The summed E-state index contributed by atoms with van der Waals surface area (Å²) >= 11 is 0. The Morgan fingerprint density at radius 1 is 0.852 bits per heavy atom. The summed E-state index contributed by atoms with van der Waals surface area (Å²) in [6.45, 7) is -0.416. The van der Waals surface area contributed by atoms with Crippen LogP contribution in [0, 0.1) is 13.8 Å². The molecule has 0 fully saturated rings. The average molecular weight is 362 g/mol. The van der Waals surface area contributed by atoms with Gasteiger partial charge in [0.15, 0.2) is 5.58 Å². The summed E-state index contributed by atoms with van der Waals surface area (Å²) in [5.41, 5.74) is 4.11. The van der Waals surface area contributed by atoms with Gasteiger partial charge in [-0.15, -0.1) is 0 Å². The maximum absolute atomic E-state index is 16.0. The van der Waals surface area contributed by atoms with Crippen molar-refractivity contribution in [3.8, 4) is 11.5 Å². The number of anilines is 2. The lowest BCUT2D eigenvalue weighted by Gasteiger charge is -2.40. The monoisotopic (exact) mass is 362 g/mol. The Morgan fingerprint density at radius 3 is 2.30 bits per heavy atom. The Balaban J connectivity index is 1.92. The lowest BCUT2D eigenvalue weighted by atomic mass is 9.84. The van der Waals surface area contributed by atoms with E-state index in [2.05, 4.69) is 0 Å². The predicted octanol–water partition coefficient (Wildman–Crippen LogP) is 5.38. The Kier molecular flexibility index (Phi) is 3.23. The highest BCUT2D eigenvalue weighted by Crippen LogP contribution is 2.45. The molecule has 27 heavy (non-hydrogen) atoms. The molecular formula is C21H17BF2N2O. The Hall–Kier alpha value is -3.15. The Labute approximate surface area is 155 Å². The van der Waals surface area contributed by atoms with Crippen LogP contribution in [0.1, 0.15) is 11.1 Å². The van der Waals surface area contributed by atoms with Crippen LogP contribution in [-0.4, -0.2) is 6.97 Å². The fraction of sp³-hybridized carbons (Fsp3) is 0.0952. The van der Waals surface area contributed by atoms with E-state index in [9.17, 15) is 0 Å². The van der Waals surface area contributed by atoms with Crippen molar-refractivity contribution >= 4 is 29.4 Å². The number of nitrogens with zero attached hydrogens (tertiary/aromatic N) is 2.